The lowest BCUT2D eigenvalue weighted by Crippen LogP contribution is -2.01. The van der Waals surface area contributed by atoms with Crippen molar-refractivity contribution in [1.29, 1.82) is 0 Å². The van der Waals surface area contributed by atoms with Gasteiger partial charge in [0, 0.05) is 13.8 Å². The van der Waals surface area contributed by atoms with Crippen molar-refractivity contribution in [3.05, 3.63) is 59.7 Å². The van der Waals surface area contributed by atoms with Gasteiger partial charge in [-0.25, -0.2) is 0 Å². The highest BCUT2D eigenvalue weighted by Gasteiger charge is 2.02. The van der Waals surface area contributed by atoms with Crippen LogP contribution in [0.4, 0.5) is 0 Å². The highest BCUT2D eigenvalue weighted by atomic mass is 16.5. The molecule has 0 aliphatic carbocycles. The maximum absolute atomic E-state index is 10.8. The summed E-state index contributed by atoms with van der Waals surface area (Å²) in [5.41, 5.74) is 2.21. The number of hydrogen-bond donors (Lipinski definition) is 0. The smallest absolute Gasteiger partial charge is 0.308 e. The SMILES string of the molecule is CC.CC.CC(=O)Oc1ccc(Cc2ccc(OC(C)=O)cc2)cc1. The molecule has 0 bridgehead atoms. The van der Waals surface area contributed by atoms with Gasteiger partial charge in [0.1, 0.15) is 11.5 Å². The van der Waals surface area contributed by atoms with Gasteiger partial charge in [-0.15, -0.1) is 0 Å². The molecule has 2 aromatic rings. The number of carbonyl (C=O) groups excluding carboxylic acids is 2. The molecule has 0 aromatic heterocycles. The van der Waals surface area contributed by atoms with E-state index in [0.29, 0.717) is 11.5 Å². The molecule has 136 valence electrons. The Morgan fingerprint density at radius 2 is 0.920 bits per heavy atom. The zero-order chi connectivity index (χ0) is 19.2. The molecule has 0 unspecified atom stereocenters. The summed E-state index contributed by atoms with van der Waals surface area (Å²) >= 11 is 0. The van der Waals surface area contributed by atoms with E-state index in [2.05, 4.69) is 0 Å². The molecule has 0 heterocycles. The van der Waals surface area contributed by atoms with Crippen LogP contribution in [0.25, 0.3) is 0 Å². The monoisotopic (exact) mass is 344 g/mol. The van der Waals surface area contributed by atoms with Crippen molar-refractivity contribution in [2.24, 2.45) is 0 Å². The summed E-state index contributed by atoms with van der Waals surface area (Å²) in [4.78, 5) is 21.7. The number of carbonyl (C=O) groups is 2. The molecule has 0 aliphatic rings. The Labute approximate surface area is 150 Å². The molecule has 0 spiro atoms. The molecule has 0 saturated heterocycles. The maximum atomic E-state index is 10.8. The Kier molecular flexibility index (Phi) is 11.4. The third kappa shape index (κ3) is 9.30. The fourth-order valence-electron chi connectivity index (χ4n) is 1.92. The van der Waals surface area contributed by atoms with Crippen molar-refractivity contribution >= 4 is 11.9 Å². The predicted molar refractivity (Wildman–Crippen MR) is 101 cm³/mol. The van der Waals surface area contributed by atoms with Gasteiger partial charge in [0.15, 0.2) is 0 Å². The summed E-state index contributed by atoms with van der Waals surface area (Å²) in [6, 6.07) is 14.7. The molecule has 0 saturated carbocycles. The van der Waals surface area contributed by atoms with Crippen molar-refractivity contribution in [1.82, 2.24) is 0 Å². The summed E-state index contributed by atoms with van der Waals surface area (Å²) in [5, 5.41) is 0. The molecule has 4 nitrogen and oxygen atoms in total. The number of ether oxygens (including phenoxy) is 2. The van der Waals surface area contributed by atoms with E-state index in [1.165, 1.54) is 13.8 Å². The van der Waals surface area contributed by atoms with Crippen LogP contribution in [0.2, 0.25) is 0 Å². The topological polar surface area (TPSA) is 52.6 Å². The molecule has 4 heteroatoms. The van der Waals surface area contributed by atoms with Gasteiger partial charge in [0.2, 0.25) is 0 Å². The van der Waals surface area contributed by atoms with Crippen LogP contribution in [0, 0.1) is 0 Å². The van der Waals surface area contributed by atoms with Crippen LogP contribution >= 0.6 is 0 Å². The zero-order valence-corrected chi connectivity index (χ0v) is 16.0. The molecule has 25 heavy (non-hydrogen) atoms. The lowest BCUT2D eigenvalue weighted by atomic mass is 10.0. The molecule has 2 aromatic carbocycles. The Morgan fingerprint density at radius 1 is 0.640 bits per heavy atom. The van der Waals surface area contributed by atoms with Crippen LogP contribution in [-0.4, -0.2) is 11.9 Å². The van der Waals surface area contributed by atoms with Gasteiger partial charge < -0.3 is 9.47 Å². The van der Waals surface area contributed by atoms with Gasteiger partial charge in [0.25, 0.3) is 0 Å². The average molecular weight is 344 g/mol. The van der Waals surface area contributed by atoms with Gasteiger partial charge in [-0.1, -0.05) is 52.0 Å². The third-order valence-corrected chi connectivity index (χ3v) is 2.78. The van der Waals surface area contributed by atoms with E-state index in [1.54, 1.807) is 24.3 Å². The summed E-state index contributed by atoms with van der Waals surface area (Å²) in [5.74, 6) is 0.417. The second kappa shape index (κ2) is 12.8. The Balaban J connectivity index is 0.00000134. The van der Waals surface area contributed by atoms with Gasteiger partial charge in [-0.3, -0.25) is 9.59 Å². The lowest BCUT2D eigenvalue weighted by Gasteiger charge is -2.06. The van der Waals surface area contributed by atoms with E-state index < -0.39 is 0 Å². The Hall–Kier alpha value is -2.62. The number of benzene rings is 2. The fourth-order valence-corrected chi connectivity index (χ4v) is 1.92. The van der Waals surface area contributed by atoms with Crippen molar-refractivity contribution in [2.45, 2.75) is 48.0 Å². The first-order valence-corrected chi connectivity index (χ1v) is 8.57. The van der Waals surface area contributed by atoms with Gasteiger partial charge in [-0.05, 0) is 41.8 Å². The first-order valence-electron chi connectivity index (χ1n) is 8.57. The minimum atomic E-state index is -0.330. The van der Waals surface area contributed by atoms with Gasteiger partial charge >= 0.3 is 11.9 Å². The van der Waals surface area contributed by atoms with Crippen molar-refractivity contribution in [3.63, 3.8) is 0 Å². The largest absolute Gasteiger partial charge is 0.427 e. The second-order valence-corrected chi connectivity index (χ2v) is 4.65. The van der Waals surface area contributed by atoms with Crippen LogP contribution in [0.3, 0.4) is 0 Å². The third-order valence-electron chi connectivity index (χ3n) is 2.78. The van der Waals surface area contributed by atoms with Gasteiger partial charge in [-0.2, -0.15) is 0 Å². The fraction of sp³-hybridized carbons (Fsp3) is 0.333. The predicted octanol–water partition coefficient (Wildman–Crippen LogP) is 5.18. The molecule has 0 fully saturated rings. The summed E-state index contributed by atoms with van der Waals surface area (Å²) in [6.07, 6.45) is 0.751. The van der Waals surface area contributed by atoms with Crippen LogP contribution in [0.15, 0.2) is 48.5 Å². The number of rotatable bonds is 4. The van der Waals surface area contributed by atoms with Gasteiger partial charge in [0.05, 0.1) is 0 Å². The maximum Gasteiger partial charge on any atom is 0.308 e. The van der Waals surface area contributed by atoms with Crippen molar-refractivity contribution < 1.29 is 19.1 Å². The molecular formula is C21H28O4. The lowest BCUT2D eigenvalue weighted by molar-refractivity contribution is -0.132. The molecule has 0 atom stereocenters. The Bertz CT molecular complexity index is 570. The van der Waals surface area contributed by atoms with Crippen molar-refractivity contribution in [2.75, 3.05) is 0 Å². The Morgan fingerprint density at radius 3 is 1.16 bits per heavy atom. The first-order chi connectivity index (χ1) is 12.0. The summed E-state index contributed by atoms with van der Waals surface area (Å²) < 4.78 is 9.97. The molecule has 2 rings (SSSR count). The highest BCUT2D eigenvalue weighted by Crippen LogP contribution is 2.18. The van der Waals surface area contributed by atoms with Crippen LogP contribution in [-0.2, 0) is 16.0 Å². The quantitative estimate of drug-likeness (QED) is 0.566. The van der Waals surface area contributed by atoms with E-state index in [0.717, 1.165) is 17.5 Å². The minimum absolute atomic E-state index is 0.330. The molecule has 0 radical (unpaired) electrons. The van der Waals surface area contributed by atoms with Crippen molar-refractivity contribution in [3.8, 4) is 11.5 Å². The summed E-state index contributed by atoms with van der Waals surface area (Å²) in [6.45, 7) is 10.7. The molecule has 0 N–H and O–H groups in total. The normalized spacial score (nSPS) is 8.88. The van der Waals surface area contributed by atoms with E-state index in [1.807, 2.05) is 52.0 Å². The standard InChI is InChI=1S/C17H16O4.2C2H6/c1-12(18)20-16-7-3-14(4-8-16)11-15-5-9-17(10-6-15)21-13(2)19;2*1-2/h3-10H,11H2,1-2H3;2*1-2H3. The van der Waals surface area contributed by atoms with E-state index in [-0.39, 0.29) is 11.9 Å². The molecular weight excluding hydrogens is 316 g/mol. The minimum Gasteiger partial charge on any atom is -0.427 e. The highest BCUT2D eigenvalue weighted by molar-refractivity contribution is 5.69. The number of esters is 2. The number of hydrogen-bond acceptors (Lipinski definition) is 4. The first kappa shape index (κ1) is 22.4. The molecule has 0 amide bonds. The second-order valence-electron chi connectivity index (χ2n) is 4.65. The van der Waals surface area contributed by atoms with E-state index in [4.69, 9.17) is 9.47 Å². The summed E-state index contributed by atoms with van der Waals surface area (Å²) in [7, 11) is 0. The zero-order valence-electron chi connectivity index (χ0n) is 16.0. The van der Waals surface area contributed by atoms with Crippen LogP contribution in [0.5, 0.6) is 11.5 Å². The van der Waals surface area contributed by atoms with Crippen LogP contribution in [0.1, 0.15) is 52.7 Å². The van der Waals surface area contributed by atoms with E-state index >= 15 is 0 Å². The van der Waals surface area contributed by atoms with E-state index in [9.17, 15) is 9.59 Å². The average Bonchev–Trinajstić information content (AvgIpc) is 2.61. The molecule has 0 aliphatic heterocycles. The van der Waals surface area contributed by atoms with Crippen LogP contribution < -0.4 is 9.47 Å².